The molecule has 1 N–H and O–H groups in total. The average Bonchev–Trinajstić information content (AvgIpc) is 2.95. The van der Waals surface area contributed by atoms with Gasteiger partial charge in [0, 0.05) is 17.0 Å². The van der Waals surface area contributed by atoms with E-state index in [2.05, 4.69) is 67.7 Å². The lowest BCUT2D eigenvalue weighted by Crippen LogP contribution is -2.23. The van der Waals surface area contributed by atoms with Crippen molar-refractivity contribution < 1.29 is 4.74 Å². The number of benzene rings is 1. The summed E-state index contributed by atoms with van der Waals surface area (Å²) in [6.07, 6.45) is 16.3. The van der Waals surface area contributed by atoms with Crippen LogP contribution in [0.4, 0.5) is 0 Å². The highest BCUT2D eigenvalue weighted by Crippen LogP contribution is 2.47. The minimum atomic E-state index is 0.168. The summed E-state index contributed by atoms with van der Waals surface area (Å²) in [5, 5.41) is 3.41. The van der Waals surface area contributed by atoms with Crippen LogP contribution in [0.25, 0.3) is 0 Å². The average molecular weight is 305 g/mol. The summed E-state index contributed by atoms with van der Waals surface area (Å²) in [6.45, 7) is 4.54. The summed E-state index contributed by atoms with van der Waals surface area (Å²) in [5.41, 5.74) is 3.97. The molecule has 3 aliphatic rings. The number of para-hydroxylation sites is 1. The maximum absolute atomic E-state index is 6.49. The van der Waals surface area contributed by atoms with Crippen LogP contribution in [0.1, 0.15) is 43.4 Å². The molecule has 0 amide bonds. The monoisotopic (exact) mass is 305 g/mol. The van der Waals surface area contributed by atoms with Crippen LogP contribution in [0, 0.1) is 5.92 Å². The first kappa shape index (κ1) is 14.4. The molecule has 118 valence electrons. The summed E-state index contributed by atoms with van der Waals surface area (Å²) in [6, 6.07) is 6.74. The molecule has 0 spiro atoms. The molecule has 3 atom stereocenters. The largest absolute Gasteiger partial charge is 0.484 e. The Kier molecular flexibility index (Phi) is 3.60. The second-order valence-electron chi connectivity index (χ2n) is 6.94. The summed E-state index contributed by atoms with van der Waals surface area (Å²) >= 11 is 0. The molecule has 2 aliphatic heterocycles. The van der Waals surface area contributed by atoms with Crippen molar-refractivity contribution in [2.45, 2.75) is 38.3 Å². The number of nitrogens with one attached hydrogen (secondary N) is 1. The molecule has 1 aliphatic carbocycles. The Morgan fingerprint density at radius 3 is 2.74 bits per heavy atom. The molecule has 0 radical (unpaired) electrons. The number of ether oxygens (including phenoxy) is 1. The van der Waals surface area contributed by atoms with E-state index in [9.17, 15) is 0 Å². The number of fused-ring (bicyclic) bond motifs is 3. The van der Waals surface area contributed by atoms with Crippen LogP contribution in [0.3, 0.4) is 0 Å². The van der Waals surface area contributed by atoms with Crippen LogP contribution in [0.5, 0.6) is 5.75 Å². The van der Waals surface area contributed by atoms with Gasteiger partial charge in [-0.15, -0.1) is 0 Å². The fraction of sp³-hybridized carbons (Fsp3) is 0.333. The molecular weight excluding hydrogens is 282 g/mol. The minimum Gasteiger partial charge on any atom is -0.484 e. The van der Waals surface area contributed by atoms with Gasteiger partial charge in [-0.3, -0.25) is 0 Å². The van der Waals surface area contributed by atoms with Crippen molar-refractivity contribution in [3.8, 4) is 5.75 Å². The van der Waals surface area contributed by atoms with E-state index in [0.717, 1.165) is 12.2 Å². The minimum absolute atomic E-state index is 0.168. The van der Waals surface area contributed by atoms with Gasteiger partial charge in [-0.05, 0) is 30.2 Å². The Morgan fingerprint density at radius 1 is 1.09 bits per heavy atom. The van der Waals surface area contributed by atoms with Crippen LogP contribution in [0.15, 0.2) is 66.4 Å². The molecule has 0 fully saturated rings. The second-order valence-corrected chi connectivity index (χ2v) is 6.94. The first-order valence-corrected chi connectivity index (χ1v) is 8.50. The highest BCUT2D eigenvalue weighted by Gasteiger charge is 2.38. The first-order chi connectivity index (χ1) is 11.2. The smallest absolute Gasteiger partial charge is 0.130 e. The molecule has 3 unspecified atom stereocenters. The molecule has 0 saturated carbocycles. The van der Waals surface area contributed by atoms with E-state index in [1.165, 1.54) is 16.7 Å². The topological polar surface area (TPSA) is 21.3 Å². The third-order valence-electron chi connectivity index (χ3n) is 4.77. The number of rotatable bonds is 3. The lowest BCUT2D eigenvalue weighted by atomic mass is 9.83. The van der Waals surface area contributed by atoms with Crippen molar-refractivity contribution in [3.63, 3.8) is 0 Å². The highest BCUT2D eigenvalue weighted by molar-refractivity contribution is 5.54. The molecule has 2 nitrogen and oxygen atoms in total. The zero-order chi connectivity index (χ0) is 15.8. The molecule has 1 aromatic rings. The van der Waals surface area contributed by atoms with E-state index in [4.69, 9.17) is 4.74 Å². The van der Waals surface area contributed by atoms with Crippen molar-refractivity contribution in [2.75, 3.05) is 0 Å². The lowest BCUT2D eigenvalue weighted by molar-refractivity contribution is 0.244. The van der Waals surface area contributed by atoms with E-state index in [-0.39, 0.29) is 12.1 Å². The normalized spacial score (nSPS) is 27.3. The van der Waals surface area contributed by atoms with Gasteiger partial charge in [0.15, 0.2) is 0 Å². The molecule has 0 bridgehead atoms. The van der Waals surface area contributed by atoms with E-state index in [0.29, 0.717) is 11.8 Å². The Balaban J connectivity index is 1.69. The van der Waals surface area contributed by atoms with E-state index >= 15 is 0 Å². The zero-order valence-corrected chi connectivity index (χ0v) is 13.7. The molecule has 1 aromatic carbocycles. The fourth-order valence-electron chi connectivity index (χ4n) is 3.78. The Bertz CT molecular complexity index is 723. The standard InChI is InChI=1S/C21H23NO/c1-14(2)13-15-7-5-8-16-17-9-6-10-18(21(17)23-20(15)16)19-11-3-4-12-22-19/h3-12,14,16,19-20,22H,13H2,1-2H3. The molecule has 23 heavy (non-hydrogen) atoms. The van der Waals surface area contributed by atoms with Gasteiger partial charge in [-0.2, -0.15) is 0 Å². The third-order valence-corrected chi connectivity index (χ3v) is 4.77. The van der Waals surface area contributed by atoms with Crippen LogP contribution >= 0.6 is 0 Å². The van der Waals surface area contributed by atoms with Crippen LogP contribution in [-0.2, 0) is 0 Å². The molecule has 4 rings (SSSR count). The maximum Gasteiger partial charge on any atom is 0.130 e. The van der Waals surface area contributed by atoms with Crippen molar-refractivity contribution in [1.29, 1.82) is 0 Å². The molecule has 0 saturated heterocycles. The summed E-state index contributed by atoms with van der Waals surface area (Å²) in [7, 11) is 0. The fourth-order valence-corrected chi connectivity index (χ4v) is 3.78. The van der Waals surface area contributed by atoms with Gasteiger partial charge in [-0.1, -0.05) is 62.4 Å². The third kappa shape index (κ3) is 2.52. The quantitative estimate of drug-likeness (QED) is 0.867. The Labute approximate surface area is 138 Å². The van der Waals surface area contributed by atoms with Gasteiger partial charge in [0.1, 0.15) is 11.9 Å². The van der Waals surface area contributed by atoms with E-state index in [1.54, 1.807) is 0 Å². The van der Waals surface area contributed by atoms with Crippen molar-refractivity contribution >= 4 is 0 Å². The zero-order valence-electron chi connectivity index (χ0n) is 13.7. The van der Waals surface area contributed by atoms with E-state index < -0.39 is 0 Å². The van der Waals surface area contributed by atoms with Crippen LogP contribution in [-0.4, -0.2) is 6.10 Å². The molecule has 2 heterocycles. The Hall–Kier alpha value is -2.22. The SMILES string of the molecule is CC(C)CC1=CC=CC2c3cccc(C4C=CC=CN4)c3OC12. The predicted octanol–water partition coefficient (Wildman–Crippen LogP) is 4.79. The number of allylic oxidation sites excluding steroid dienone is 4. The Morgan fingerprint density at radius 2 is 1.96 bits per heavy atom. The summed E-state index contributed by atoms with van der Waals surface area (Å²) < 4.78 is 6.49. The number of dihydropyridines is 1. The van der Waals surface area contributed by atoms with Gasteiger partial charge < -0.3 is 10.1 Å². The summed E-state index contributed by atoms with van der Waals surface area (Å²) in [4.78, 5) is 0. The van der Waals surface area contributed by atoms with Crippen LogP contribution in [0.2, 0.25) is 0 Å². The number of hydrogen-bond donors (Lipinski definition) is 1. The van der Waals surface area contributed by atoms with Gasteiger partial charge in [0.2, 0.25) is 0 Å². The van der Waals surface area contributed by atoms with E-state index in [1.807, 2.05) is 12.3 Å². The highest BCUT2D eigenvalue weighted by atomic mass is 16.5. The first-order valence-electron chi connectivity index (χ1n) is 8.50. The van der Waals surface area contributed by atoms with Crippen molar-refractivity contribution in [2.24, 2.45) is 5.92 Å². The lowest BCUT2D eigenvalue weighted by Gasteiger charge is -2.24. The number of hydrogen-bond acceptors (Lipinski definition) is 2. The van der Waals surface area contributed by atoms with Crippen LogP contribution < -0.4 is 10.1 Å². The maximum atomic E-state index is 6.49. The molecule has 0 aromatic heterocycles. The van der Waals surface area contributed by atoms with Crippen molar-refractivity contribution in [3.05, 3.63) is 77.6 Å². The predicted molar refractivity (Wildman–Crippen MR) is 94.4 cm³/mol. The van der Waals surface area contributed by atoms with Crippen molar-refractivity contribution in [1.82, 2.24) is 5.32 Å². The van der Waals surface area contributed by atoms with Gasteiger partial charge in [0.05, 0.1) is 6.04 Å². The van der Waals surface area contributed by atoms with Gasteiger partial charge >= 0.3 is 0 Å². The van der Waals surface area contributed by atoms with Gasteiger partial charge in [-0.25, -0.2) is 0 Å². The molecular formula is C21H23NO. The van der Waals surface area contributed by atoms with Gasteiger partial charge in [0.25, 0.3) is 0 Å². The molecule has 2 heteroatoms. The summed E-state index contributed by atoms with van der Waals surface area (Å²) in [5.74, 6) is 2.07. The second kappa shape index (κ2) is 5.77.